The van der Waals surface area contributed by atoms with Crippen molar-refractivity contribution in [2.45, 2.75) is 6.42 Å². The molecule has 0 aliphatic heterocycles. The highest BCUT2D eigenvalue weighted by molar-refractivity contribution is 6.31. The van der Waals surface area contributed by atoms with E-state index >= 15 is 0 Å². The minimum atomic E-state index is -0.0963. The molecule has 0 radical (unpaired) electrons. The summed E-state index contributed by atoms with van der Waals surface area (Å²) >= 11 is 11.8. The van der Waals surface area contributed by atoms with Gasteiger partial charge in [-0.25, -0.2) is 0 Å². The van der Waals surface area contributed by atoms with E-state index in [1.165, 1.54) is 0 Å². The summed E-state index contributed by atoms with van der Waals surface area (Å²) in [7, 11) is 1.57. The lowest BCUT2D eigenvalue weighted by atomic mass is 10.1. The highest BCUT2D eigenvalue weighted by Gasteiger charge is 2.06. The maximum atomic E-state index is 11.9. The molecule has 0 heterocycles. The van der Waals surface area contributed by atoms with Crippen molar-refractivity contribution in [3.8, 4) is 5.75 Å². The molecule has 4 nitrogen and oxygen atoms in total. The van der Waals surface area contributed by atoms with E-state index in [4.69, 9.17) is 27.9 Å². The summed E-state index contributed by atoms with van der Waals surface area (Å²) in [5, 5.41) is 7.17. The highest BCUT2D eigenvalue weighted by Crippen LogP contribution is 2.27. The molecule has 6 heteroatoms. The van der Waals surface area contributed by atoms with Crippen LogP contribution in [0.2, 0.25) is 10.0 Å². The maximum Gasteiger partial charge on any atom is 0.239 e. The number of nitrogens with one attached hydrogen (secondary N) is 2. The summed E-state index contributed by atoms with van der Waals surface area (Å²) in [6.45, 7) is 0.714. The molecule has 1 amide bonds. The second-order valence-corrected chi connectivity index (χ2v) is 5.80. The number of hydrogen-bond donors (Lipinski definition) is 2. The Hall–Kier alpha value is -1.91. The van der Waals surface area contributed by atoms with Gasteiger partial charge < -0.3 is 15.4 Å². The largest absolute Gasteiger partial charge is 0.495 e. The number of ether oxygens (including phenoxy) is 1. The summed E-state index contributed by atoms with van der Waals surface area (Å²) in [5.74, 6) is 0.546. The lowest BCUT2D eigenvalue weighted by molar-refractivity contribution is -0.119. The van der Waals surface area contributed by atoms with Crippen LogP contribution in [-0.2, 0) is 11.2 Å². The fourth-order valence-corrected chi connectivity index (χ4v) is 2.35. The third kappa shape index (κ3) is 5.66. The second-order valence-electron chi connectivity index (χ2n) is 4.92. The normalized spacial score (nSPS) is 10.2. The number of amides is 1. The van der Waals surface area contributed by atoms with Gasteiger partial charge in [0.2, 0.25) is 5.91 Å². The first-order valence-corrected chi connectivity index (χ1v) is 7.92. The van der Waals surface area contributed by atoms with Crippen molar-refractivity contribution in [2.75, 3.05) is 25.5 Å². The molecule has 0 aromatic heterocycles. The molecule has 122 valence electrons. The van der Waals surface area contributed by atoms with Gasteiger partial charge in [-0.1, -0.05) is 35.3 Å². The van der Waals surface area contributed by atoms with Crippen LogP contribution in [0.1, 0.15) is 5.56 Å². The summed E-state index contributed by atoms with van der Waals surface area (Å²) in [6, 6.07) is 12.8. The van der Waals surface area contributed by atoms with Crippen molar-refractivity contribution >= 4 is 34.8 Å². The molecule has 0 saturated heterocycles. The van der Waals surface area contributed by atoms with Crippen LogP contribution in [0.3, 0.4) is 0 Å². The zero-order chi connectivity index (χ0) is 16.7. The molecule has 23 heavy (non-hydrogen) atoms. The van der Waals surface area contributed by atoms with Crippen LogP contribution in [0.25, 0.3) is 0 Å². The lowest BCUT2D eigenvalue weighted by Crippen LogP contribution is -2.31. The van der Waals surface area contributed by atoms with Gasteiger partial charge in [0.25, 0.3) is 0 Å². The summed E-state index contributed by atoms with van der Waals surface area (Å²) in [5.41, 5.74) is 1.81. The number of rotatable bonds is 7. The smallest absolute Gasteiger partial charge is 0.239 e. The van der Waals surface area contributed by atoms with E-state index in [1.54, 1.807) is 25.3 Å². The number of carbonyl (C=O) groups excluding carboxylic acids is 1. The Kier molecular flexibility index (Phi) is 6.56. The molecule has 0 unspecified atom stereocenters. The lowest BCUT2D eigenvalue weighted by Gasteiger charge is -2.11. The summed E-state index contributed by atoms with van der Waals surface area (Å²) < 4.78 is 5.22. The van der Waals surface area contributed by atoms with Crippen LogP contribution in [0.15, 0.2) is 42.5 Å². The monoisotopic (exact) mass is 352 g/mol. The van der Waals surface area contributed by atoms with Crippen LogP contribution < -0.4 is 15.4 Å². The first kappa shape index (κ1) is 17.4. The topological polar surface area (TPSA) is 50.4 Å². The van der Waals surface area contributed by atoms with Crippen molar-refractivity contribution in [2.24, 2.45) is 0 Å². The van der Waals surface area contributed by atoms with Crippen LogP contribution in [0, 0.1) is 0 Å². The fourth-order valence-electron chi connectivity index (χ4n) is 2.05. The van der Waals surface area contributed by atoms with E-state index < -0.39 is 0 Å². The van der Waals surface area contributed by atoms with Gasteiger partial charge in [-0.05, 0) is 42.3 Å². The zero-order valence-corrected chi connectivity index (χ0v) is 14.2. The molecule has 0 fully saturated rings. The maximum absolute atomic E-state index is 11.9. The van der Waals surface area contributed by atoms with Gasteiger partial charge in [0, 0.05) is 16.6 Å². The molecular weight excluding hydrogens is 335 g/mol. The minimum absolute atomic E-state index is 0.0963. The van der Waals surface area contributed by atoms with E-state index in [2.05, 4.69) is 10.6 Å². The first-order valence-electron chi connectivity index (χ1n) is 7.17. The third-order valence-electron chi connectivity index (χ3n) is 3.25. The molecule has 2 rings (SSSR count). The van der Waals surface area contributed by atoms with E-state index in [-0.39, 0.29) is 12.5 Å². The number of halogens is 2. The molecular formula is C17H18Cl2N2O2. The fraction of sp³-hybridized carbons (Fsp3) is 0.235. The van der Waals surface area contributed by atoms with Gasteiger partial charge >= 0.3 is 0 Å². The Morgan fingerprint density at radius 3 is 2.48 bits per heavy atom. The Balaban J connectivity index is 1.77. The van der Waals surface area contributed by atoms with Crippen LogP contribution in [0.4, 0.5) is 5.69 Å². The van der Waals surface area contributed by atoms with Crippen molar-refractivity contribution in [1.82, 2.24) is 5.32 Å². The minimum Gasteiger partial charge on any atom is -0.495 e. The molecule has 2 N–H and O–H groups in total. The van der Waals surface area contributed by atoms with Crippen LogP contribution in [0.5, 0.6) is 5.75 Å². The quantitative estimate of drug-likeness (QED) is 0.797. The Morgan fingerprint density at radius 2 is 1.78 bits per heavy atom. The van der Waals surface area contributed by atoms with Gasteiger partial charge in [0.15, 0.2) is 0 Å². The van der Waals surface area contributed by atoms with E-state index in [1.807, 2.05) is 24.3 Å². The molecule has 0 atom stereocenters. The first-order chi connectivity index (χ1) is 11.1. The standard InChI is InChI=1S/C17H18Cl2N2O2/c1-23-16-7-6-14(19)10-15(16)21-11-17(22)20-9-8-12-2-4-13(18)5-3-12/h2-7,10,21H,8-9,11H2,1H3,(H,20,22). The zero-order valence-electron chi connectivity index (χ0n) is 12.7. The number of benzene rings is 2. The Labute approximate surface area is 145 Å². The predicted octanol–water partition coefficient (Wildman–Crippen LogP) is 3.77. The van der Waals surface area contributed by atoms with Gasteiger partial charge in [0.05, 0.1) is 19.3 Å². The van der Waals surface area contributed by atoms with E-state index in [9.17, 15) is 4.79 Å². The highest BCUT2D eigenvalue weighted by atomic mass is 35.5. The number of hydrogen-bond acceptors (Lipinski definition) is 3. The van der Waals surface area contributed by atoms with E-state index in [0.717, 1.165) is 12.0 Å². The molecule has 0 spiro atoms. The Bertz CT molecular complexity index is 660. The average Bonchev–Trinajstić information content (AvgIpc) is 2.55. The Morgan fingerprint density at radius 1 is 1.09 bits per heavy atom. The van der Waals surface area contributed by atoms with Crippen LogP contribution >= 0.6 is 23.2 Å². The molecule has 2 aromatic carbocycles. The van der Waals surface area contributed by atoms with E-state index in [0.29, 0.717) is 28.0 Å². The molecule has 2 aromatic rings. The van der Waals surface area contributed by atoms with Crippen molar-refractivity contribution < 1.29 is 9.53 Å². The third-order valence-corrected chi connectivity index (χ3v) is 3.74. The van der Waals surface area contributed by atoms with Gasteiger partial charge in [-0.15, -0.1) is 0 Å². The molecule has 0 bridgehead atoms. The SMILES string of the molecule is COc1ccc(Cl)cc1NCC(=O)NCCc1ccc(Cl)cc1. The number of anilines is 1. The average molecular weight is 353 g/mol. The molecule has 0 aliphatic carbocycles. The summed E-state index contributed by atoms with van der Waals surface area (Å²) in [4.78, 5) is 11.9. The molecule has 0 aliphatic rings. The van der Waals surface area contributed by atoms with Crippen molar-refractivity contribution in [1.29, 1.82) is 0 Å². The van der Waals surface area contributed by atoms with Gasteiger partial charge in [-0.2, -0.15) is 0 Å². The van der Waals surface area contributed by atoms with Crippen LogP contribution in [-0.4, -0.2) is 26.1 Å². The second kappa shape index (κ2) is 8.65. The number of carbonyl (C=O) groups is 1. The van der Waals surface area contributed by atoms with Gasteiger partial charge in [0.1, 0.15) is 5.75 Å². The molecule has 0 saturated carbocycles. The van der Waals surface area contributed by atoms with Crippen molar-refractivity contribution in [3.05, 3.63) is 58.1 Å². The summed E-state index contributed by atoms with van der Waals surface area (Å²) in [6.07, 6.45) is 0.753. The predicted molar refractivity (Wildman–Crippen MR) is 94.7 cm³/mol. The van der Waals surface area contributed by atoms with Crippen molar-refractivity contribution in [3.63, 3.8) is 0 Å². The van der Waals surface area contributed by atoms with Gasteiger partial charge in [-0.3, -0.25) is 4.79 Å². The number of methoxy groups -OCH3 is 1.